The molecular weight excluding hydrogens is 226 g/mol. The highest BCUT2D eigenvalue weighted by Gasteiger charge is 2.09. The minimum Gasteiger partial charge on any atom is -0.450 e. The number of nitrogens with one attached hydrogen (secondary N) is 1. The molecule has 0 heterocycles. The molecule has 0 saturated heterocycles. The number of terminal acetylenes is 1. The molecule has 3 heteroatoms. The van der Waals surface area contributed by atoms with Gasteiger partial charge in [-0.25, -0.2) is 4.79 Å². The van der Waals surface area contributed by atoms with E-state index >= 15 is 0 Å². The zero-order valence-corrected chi connectivity index (χ0v) is 11.8. The van der Waals surface area contributed by atoms with Crippen LogP contribution in [-0.4, -0.2) is 18.7 Å². The average molecular weight is 253 g/mol. The van der Waals surface area contributed by atoms with Crippen molar-refractivity contribution in [3.05, 3.63) is 0 Å². The second-order valence-electron chi connectivity index (χ2n) is 4.49. The molecule has 0 aliphatic heterocycles. The van der Waals surface area contributed by atoms with Crippen molar-refractivity contribution in [2.75, 3.05) is 6.61 Å². The van der Waals surface area contributed by atoms with Crippen LogP contribution in [0, 0.1) is 12.3 Å². The van der Waals surface area contributed by atoms with Crippen LogP contribution in [0.4, 0.5) is 4.79 Å². The Morgan fingerprint density at radius 3 is 2.33 bits per heavy atom. The van der Waals surface area contributed by atoms with Crippen molar-refractivity contribution in [1.29, 1.82) is 0 Å². The highest BCUT2D eigenvalue weighted by atomic mass is 16.5. The summed E-state index contributed by atoms with van der Waals surface area (Å²) < 4.78 is 4.80. The molecule has 18 heavy (non-hydrogen) atoms. The molecule has 0 bridgehead atoms. The van der Waals surface area contributed by atoms with Crippen LogP contribution in [0.1, 0.15) is 65.2 Å². The summed E-state index contributed by atoms with van der Waals surface area (Å²) in [6.07, 6.45) is 14.6. The highest BCUT2D eigenvalue weighted by molar-refractivity contribution is 5.68. The molecule has 0 aliphatic rings. The Morgan fingerprint density at radius 1 is 1.17 bits per heavy atom. The number of rotatable bonds is 10. The van der Waals surface area contributed by atoms with Crippen molar-refractivity contribution in [2.45, 2.75) is 71.3 Å². The molecule has 0 radical (unpaired) electrons. The van der Waals surface area contributed by atoms with E-state index in [1.165, 1.54) is 38.5 Å². The van der Waals surface area contributed by atoms with Gasteiger partial charge in [0, 0.05) is 0 Å². The fraction of sp³-hybridized carbons (Fsp3) is 0.800. The van der Waals surface area contributed by atoms with Crippen LogP contribution < -0.4 is 5.32 Å². The number of unbranched alkanes of at least 4 members (excludes halogenated alkanes) is 6. The molecule has 0 spiro atoms. The second-order valence-corrected chi connectivity index (χ2v) is 4.49. The first-order valence-corrected chi connectivity index (χ1v) is 7.14. The topological polar surface area (TPSA) is 38.3 Å². The minimum atomic E-state index is -0.414. The quantitative estimate of drug-likeness (QED) is 0.474. The Balaban J connectivity index is 3.51. The van der Waals surface area contributed by atoms with Gasteiger partial charge in [-0.1, -0.05) is 57.8 Å². The fourth-order valence-corrected chi connectivity index (χ4v) is 1.82. The standard InChI is InChI=1S/C15H27NO2/c1-4-7-8-9-10-11-12-13-14(5-2)16-15(17)18-6-3/h2,14H,4,6-13H2,1,3H3,(H,16,17)/t14-/m0/s1. The van der Waals surface area contributed by atoms with Crippen LogP contribution >= 0.6 is 0 Å². The number of ether oxygens (including phenoxy) is 1. The number of alkyl carbamates (subject to hydrolysis) is 1. The van der Waals surface area contributed by atoms with Crippen molar-refractivity contribution in [2.24, 2.45) is 0 Å². The molecule has 0 aromatic heterocycles. The number of amides is 1. The van der Waals surface area contributed by atoms with Crippen molar-refractivity contribution in [1.82, 2.24) is 5.32 Å². The van der Waals surface area contributed by atoms with E-state index in [0.717, 1.165) is 12.8 Å². The lowest BCUT2D eigenvalue weighted by Crippen LogP contribution is -2.34. The summed E-state index contributed by atoms with van der Waals surface area (Å²) in [5.41, 5.74) is 0. The van der Waals surface area contributed by atoms with Crippen LogP contribution in [0.25, 0.3) is 0 Å². The summed E-state index contributed by atoms with van der Waals surface area (Å²) in [5, 5.41) is 2.68. The summed E-state index contributed by atoms with van der Waals surface area (Å²) in [6.45, 7) is 4.37. The van der Waals surface area contributed by atoms with Gasteiger partial charge in [0.2, 0.25) is 0 Å². The zero-order valence-electron chi connectivity index (χ0n) is 11.8. The third kappa shape index (κ3) is 10.0. The van der Waals surface area contributed by atoms with Crippen LogP contribution in [0.2, 0.25) is 0 Å². The van der Waals surface area contributed by atoms with E-state index in [1.807, 2.05) is 0 Å². The van der Waals surface area contributed by atoms with Crippen molar-refractivity contribution < 1.29 is 9.53 Å². The molecule has 3 nitrogen and oxygen atoms in total. The van der Waals surface area contributed by atoms with Crippen LogP contribution in [-0.2, 0) is 4.74 Å². The van der Waals surface area contributed by atoms with Gasteiger partial charge in [-0.2, -0.15) is 0 Å². The predicted molar refractivity (Wildman–Crippen MR) is 75.4 cm³/mol. The molecule has 0 saturated carbocycles. The first-order chi connectivity index (χ1) is 8.74. The lowest BCUT2D eigenvalue weighted by molar-refractivity contribution is 0.149. The van der Waals surface area contributed by atoms with Crippen molar-refractivity contribution in [3.63, 3.8) is 0 Å². The molecule has 1 atom stereocenters. The Hall–Kier alpha value is -1.17. The average Bonchev–Trinajstić information content (AvgIpc) is 2.36. The van der Waals surface area contributed by atoms with E-state index in [2.05, 4.69) is 18.2 Å². The maximum atomic E-state index is 11.2. The van der Waals surface area contributed by atoms with Gasteiger partial charge in [-0.05, 0) is 13.3 Å². The third-order valence-electron chi connectivity index (χ3n) is 2.87. The van der Waals surface area contributed by atoms with Crippen molar-refractivity contribution in [3.8, 4) is 12.3 Å². The molecule has 0 unspecified atom stereocenters. The normalized spacial score (nSPS) is 11.6. The first kappa shape index (κ1) is 16.8. The summed E-state index contributed by atoms with van der Waals surface area (Å²) in [4.78, 5) is 11.2. The van der Waals surface area contributed by atoms with E-state index in [-0.39, 0.29) is 6.04 Å². The fourth-order valence-electron chi connectivity index (χ4n) is 1.82. The van der Waals surface area contributed by atoms with Gasteiger partial charge in [0.05, 0.1) is 12.6 Å². The number of hydrogen-bond donors (Lipinski definition) is 1. The van der Waals surface area contributed by atoms with Crippen molar-refractivity contribution >= 4 is 6.09 Å². The lowest BCUT2D eigenvalue weighted by Gasteiger charge is -2.12. The summed E-state index contributed by atoms with van der Waals surface area (Å²) in [7, 11) is 0. The summed E-state index contributed by atoms with van der Waals surface area (Å²) in [6, 6.07) is -0.195. The maximum Gasteiger partial charge on any atom is 0.408 e. The SMILES string of the molecule is C#C[C@@H](CCCCCCCCC)NC(=O)OCC. The summed E-state index contributed by atoms with van der Waals surface area (Å²) >= 11 is 0. The van der Waals surface area contributed by atoms with Crippen LogP contribution in [0.15, 0.2) is 0 Å². The Bertz CT molecular complexity index is 245. The van der Waals surface area contributed by atoms with E-state index in [4.69, 9.17) is 11.2 Å². The molecule has 1 N–H and O–H groups in total. The molecule has 0 rings (SSSR count). The van der Waals surface area contributed by atoms with E-state index in [0.29, 0.717) is 6.61 Å². The van der Waals surface area contributed by atoms with E-state index < -0.39 is 6.09 Å². The molecule has 0 fully saturated rings. The van der Waals surface area contributed by atoms with Gasteiger partial charge in [0.1, 0.15) is 0 Å². The van der Waals surface area contributed by atoms with Gasteiger partial charge in [-0.15, -0.1) is 6.42 Å². The third-order valence-corrected chi connectivity index (χ3v) is 2.87. The van der Waals surface area contributed by atoms with Gasteiger partial charge >= 0.3 is 6.09 Å². The zero-order chi connectivity index (χ0) is 13.6. The Labute approximate surface area is 112 Å². The first-order valence-electron chi connectivity index (χ1n) is 7.14. The van der Waals surface area contributed by atoms with Crippen LogP contribution in [0.5, 0.6) is 0 Å². The van der Waals surface area contributed by atoms with Gasteiger partial charge < -0.3 is 10.1 Å². The minimum absolute atomic E-state index is 0.195. The monoisotopic (exact) mass is 253 g/mol. The molecule has 1 amide bonds. The smallest absolute Gasteiger partial charge is 0.408 e. The number of carbonyl (C=O) groups is 1. The van der Waals surface area contributed by atoms with Gasteiger partial charge in [-0.3, -0.25) is 0 Å². The lowest BCUT2D eigenvalue weighted by atomic mass is 10.1. The predicted octanol–water partition coefficient (Wildman–Crippen LogP) is 3.88. The largest absolute Gasteiger partial charge is 0.450 e. The van der Waals surface area contributed by atoms with Gasteiger partial charge in [0.15, 0.2) is 0 Å². The highest BCUT2D eigenvalue weighted by Crippen LogP contribution is 2.09. The van der Waals surface area contributed by atoms with E-state index in [1.54, 1.807) is 6.92 Å². The van der Waals surface area contributed by atoms with E-state index in [9.17, 15) is 4.79 Å². The number of carbonyl (C=O) groups excluding carboxylic acids is 1. The number of hydrogen-bond acceptors (Lipinski definition) is 2. The van der Waals surface area contributed by atoms with Crippen LogP contribution in [0.3, 0.4) is 0 Å². The van der Waals surface area contributed by atoms with Gasteiger partial charge in [0.25, 0.3) is 0 Å². The Morgan fingerprint density at radius 2 is 1.78 bits per heavy atom. The molecular formula is C15H27NO2. The summed E-state index contributed by atoms with van der Waals surface area (Å²) in [5.74, 6) is 2.59. The Kier molecular flexibility index (Phi) is 11.5. The molecule has 0 aliphatic carbocycles. The maximum absolute atomic E-state index is 11.2. The molecule has 0 aromatic rings. The molecule has 0 aromatic carbocycles. The second kappa shape index (κ2) is 12.3. The molecule has 104 valence electrons.